The number of piperidine rings is 4. The summed E-state index contributed by atoms with van der Waals surface area (Å²) < 4.78 is 11.3. The molecule has 9 heteroatoms. The number of nitrogens with zero attached hydrogens (tertiary/aromatic N) is 5. The molecule has 5 aliphatic rings. The average Bonchev–Trinajstić information content (AvgIpc) is 3.13. The molecule has 2 amide bonds. The fourth-order valence-corrected chi connectivity index (χ4v) is 9.02. The lowest BCUT2D eigenvalue weighted by Gasteiger charge is -2.42. The first-order valence-corrected chi connectivity index (χ1v) is 23.5. The van der Waals surface area contributed by atoms with E-state index in [1.54, 1.807) is 0 Å². The van der Waals surface area contributed by atoms with Crippen molar-refractivity contribution >= 4 is 12.0 Å². The first kappa shape index (κ1) is 48.9. The van der Waals surface area contributed by atoms with E-state index < -0.39 is 0 Å². The molecule has 0 aromatic carbocycles. The Labute approximate surface area is 346 Å². The van der Waals surface area contributed by atoms with Crippen LogP contribution >= 0.6 is 0 Å². The van der Waals surface area contributed by atoms with Gasteiger partial charge in [0.1, 0.15) is 6.10 Å². The van der Waals surface area contributed by atoms with E-state index in [0.717, 1.165) is 127 Å². The topological polar surface area (TPSA) is 68.8 Å². The van der Waals surface area contributed by atoms with Crippen molar-refractivity contribution in [1.29, 1.82) is 0 Å². The maximum absolute atomic E-state index is 12.2. The van der Waals surface area contributed by atoms with Crippen LogP contribution in [0.25, 0.3) is 0 Å². The Bertz CT molecular complexity index is 1060. The van der Waals surface area contributed by atoms with Crippen molar-refractivity contribution in [2.24, 2.45) is 47.3 Å². The van der Waals surface area contributed by atoms with Gasteiger partial charge in [0.05, 0.1) is 6.61 Å². The molecule has 328 valence electrons. The van der Waals surface area contributed by atoms with Gasteiger partial charge in [-0.3, -0.25) is 4.79 Å². The van der Waals surface area contributed by atoms with Crippen LogP contribution in [-0.2, 0) is 14.3 Å². The van der Waals surface area contributed by atoms with E-state index in [-0.39, 0.29) is 12.2 Å². The zero-order valence-corrected chi connectivity index (χ0v) is 38.8. The lowest BCUT2D eigenvalue weighted by atomic mass is 9.86. The molecule has 0 spiro atoms. The highest BCUT2D eigenvalue weighted by Gasteiger charge is 2.34. The molecule has 5 fully saturated rings. The molecule has 0 atom stereocenters. The summed E-state index contributed by atoms with van der Waals surface area (Å²) in [4.78, 5) is 36.0. The van der Waals surface area contributed by atoms with Crippen molar-refractivity contribution in [2.75, 3.05) is 85.2 Å². The number of ether oxygens (including phenoxy) is 2. The van der Waals surface area contributed by atoms with Gasteiger partial charge in [-0.15, -0.1) is 0 Å². The van der Waals surface area contributed by atoms with Gasteiger partial charge in [0.15, 0.2) is 0 Å². The van der Waals surface area contributed by atoms with Crippen molar-refractivity contribution in [3.05, 3.63) is 0 Å². The van der Waals surface area contributed by atoms with Crippen LogP contribution < -0.4 is 0 Å². The van der Waals surface area contributed by atoms with Crippen LogP contribution in [0.1, 0.15) is 141 Å². The van der Waals surface area contributed by atoms with Crippen molar-refractivity contribution in [2.45, 2.75) is 159 Å². The zero-order chi connectivity index (χ0) is 41.4. The van der Waals surface area contributed by atoms with E-state index in [9.17, 15) is 9.59 Å². The van der Waals surface area contributed by atoms with Crippen LogP contribution in [0.4, 0.5) is 4.79 Å². The van der Waals surface area contributed by atoms with Crippen molar-refractivity contribution in [1.82, 2.24) is 24.5 Å². The monoisotopic (exact) mass is 790 g/mol. The molecule has 0 aromatic heterocycles. The standard InChI is InChI=1S/C17H32N2O2.C16H30N2O.C14H29NO/c1-13(2)15-5-9-19(10-6-15)17(20)21-16-7-11-18(12-8-16)14(3)4;1-12(2)15-10-18(11-15)16(19)9-14-5-7-17(8-6-14)13(3)4;1-12(2)11-16-10-9-15-7-5-14(6-8-15)13(3)4/h13-16H,5-12H2,1-4H3;12-15H,5-11H2,1-4H3;12-14H,5-11H2,1-4H3. The largest absolute Gasteiger partial charge is 0.446 e. The maximum Gasteiger partial charge on any atom is 0.410 e. The Kier molecular flexibility index (Phi) is 22.1. The molecular formula is C47H91N5O4. The summed E-state index contributed by atoms with van der Waals surface area (Å²) in [6.07, 6.45) is 10.2. The predicted octanol–water partition coefficient (Wildman–Crippen LogP) is 9.00. The van der Waals surface area contributed by atoms with Crippen LogP contribution in [-0.4, -0.2) is 140 Å². The van der Waals surface area contributed by atoms with E-state index in [4.69, 9.17) is 9.47 Å². The summed E-state index contributed by atoms with van der Waals surface area (Å²) in [6.45, 7) is 40.8. The van der Waals surface area contributed by atoms with Gasteiger partial charge in [0, 0.05) is 70.9 Å². The Morgan fingerprint density at radius 2 is 1.02 bits per heavy atom. The van der Waals surface area contributed by atoms with Gasteiger partial charge in [-0.25, -0.2) is 4.79 Å². The molecule has 5 aliphatic heterocycles. The van der Waals surface area contributed by atoms with Crippen molar-refractivity contribution < 1.29 is 19.1 Å². The molecular weight excluding hydrogens is 699 g/mol. The predicted molar refractivity (Wildman–Crippen MR) is 234 cm³/mol. The van der Waals surface area contributed by atoms with Crippen LogP contribution in [0, 0.1) is 47.3 Å². The van der Waals surface area contributed by atoms with Gasteiger partial charge in [-0.1, -0.05) is 55.4 Å². The molecule has 5 rings (SSSR count). The molecule has 0 aromatic rings. The van der Waals surface area contributed by atoms with Crippen LogP contribution in [0.5, 0.6) is 0 Å². The number of hydrogen-bond acceptors (Lipinski definition) is 7. The molecule has 0 aliphatic carbocycles. The minimum atomic E-state index is -0.0831. The van der Waals surface area contributed by atoms with Gasteiger partial charge in [0.25, 0.3) is 0 Å². The Morgan fingerprint density at radius 1 is 0.554 bits per heavy atom. The lowest BCUT2D eigenvalue weighted by Crippen LogP contribution is -2.52. The smallest absolute Gasteiger partial charge is 0.410 e. The lowest BCUT2D eigenvalue weighted by molar-refractivity contribution is -0.140. The first-order valence-electron chi connectivity index (χ1n) is 23.5. The molecule has 5 heterocycles. The van der Waals surface area contributed by atoms with Crippen LogP contribution in [0.2, 0.25) is 0 Å². The minimum absolute atomic E-state index is 0.0831. The SMILES string of the molecule is CC(C)C1CCN(C(=O)OC2CCN(C(C)C)CC2)CC1.CC(C)C1CN(C(=O)CC2CCN(C(C)C)CC2)C1.CC(C)COCCN1CCC(C(C)C)CC1. The maximum atomic E-state index is 12.2. The van der Waals surface area contributed by atoms with Gasteiger partial charge < -0.3 is 34.0 Å². The van der Waals surface area contributed by atoms with E-state index in [2.05, 4.69) is 103 Å². The summed E-state index contributed by atoms with van der Waals surface area (Å²) in [7, 11) is 0. The van der Waals surface area contributed by atoms with Gasteiger partial charge in [-0.05, 0) is 153 Å². The zero-order valence-electron chi connectivity index (χ0n) is 38.8. The third kappa shape index (κ3) is 17.4. The molecule has 0 N–H and O–H groups in total. The number of amides is 2. The third-order valence-electron chi connectivity index (χ3n) is 13.8. The Hall–Kier alpha value is -1.42. The summed E-state index contributed by atoms with van der Waals surface area (Å²) in [5.74, 6) is 6.45. The Balaban J connectivity index is 0.000000228. The normalized spacial score (nSPS) is 22.2. The van der Waals surface area contributed by atoms with Crippen LogP contribution in [0.15, 0.2) is 0 Å². The molecule has 9 nitrogen and oxygen atoms in total. The summed E-state index contributed by atoms with van der Waals surface area (Å²) >= 11 is 0. The number of likely N-dealkylation sites (tertiary alicyclic amines) is 5. The number of carbonyl (C=O) groups is 2. The number of carbonyl (C=O) groups excluding carboxylic acids is 2. The Morgan fingerprint density at radius 3 is 1.46 bits per heavy atom. The molecule has 0 unspecified atom stereocenters. The molecule has 0 bridgehead atoms. The summed E-state index contributed by atoms with van der Waals surface area (Å²) in [5.41, 5.74) is 0. The fraction of sp³-hybridized carbons (Fsp3) is 0.957. The van der Waals surface area contributed by atoms with Gasteiger partial charge >= 0.3 is 6.09 Å². The van der Waals surface area contributed by atoms with Crippen molar-refractivity contribution in [3.8, 4) is 0 Å². The number of rotatable bonds is 13. The van der Waals surface area contributed by atoms with E-state index in [1.807, 2.05) is 4.90 Å². The fourth-order valence-electron chi connectivity index (χ4n) is 9.02. The minimum Gasteiger partial charge on any atom is -0.446 e. The number of hydrogen-bond donors (Lipinski definition) is 0. The summed E-state index contributed by atoms with van der Waals surface area (Å²) in [6, 6.07) is 1.25. The molecule has 0 saturated carbocycles. The second-order valence-corrected chi connectivity index (χ2v) is 20.3. The van der Waals surface area contributed by atoms with Crippen LogP contribution in [0.3, 0.4) is 0 Å². The van der Waals surface area contributed by atoms with E-state index in [1.165, 1.54) is 51.9 Å². The highest BCUT2D eigenvalue weighted by Crippen LogP contribution is 2.29. The second kappa shape index (κ2) is 25.3. The molecule has 0 radical (unpaired) electrons. The van der Waals surface area contributed by atoms with Crippen molar-refractivity contribution in [3.63, 3.8) is 0 Å². The highest BCUT2D eigenvalue weighted by atomic mass is 16.6. The van der Waals surface area contributed by atoms with E-state index >= 15 is 0 Å². The quantitative estimate of drug-likeness (QED) is 0.173. The van der Waals surface area contributed by atoms with E-state index in [0.29, 0.717) is 29.8 Å². The second-order valence-electron chi connectivity index (χ2n) is 20.3. The highest BCUT2D eigenvalue weighted by molar-refractivity contribution is 5.77. The summed E-state index contributed by atoms with van der Waals surface area (Å²) in [5, 5.41) is 0. The molecule has 56 heavy (non-hydrogen) atoms. The van der Waals surface area contributed by atoms with Gasteiger partial charge in [0.2, 0.25) is 5.91 Å². The molecule has 5 saturated heterocycles. The van der Waals surface area contributed by atoms with Gasteiger partial charge in [-0.2, -0.15) is 0 Å². The average molecular weight is 790 g/mol. The third-order valence-corrected chi connectivity index (χ3v) is 13.8. The first-order chi connectivity index (χ1) is 26.5.